The number of β-lactam (4-membered cyclic amide) rings is 1. The van der Waals surface area contributed by atoms with E-state index < -0.39 is 22.8 Å². The number of hydrogen-bond acceptors (Lipinski definition) is 11. The molecule has 0 aliphatic carbocycles. The first-order valence-electron chi connectivity index (χ1n) is 12.2. The average molecular weight is 573 g/mol. The fourth-order valence-corrected chi connectivity index (χ4v) is 6.44. The molecule has 1 fully saturated rings. The van der Waals surface area contributed by atoms with Gasteiger partial charge in [-0.3, -0.25) is 19.6 Å². The summed E-state index contributed by atoms with van der Waals surface area (Å²) >= 11 is 6.73. The summed E-state index contributed by atoms with van der Waals surface area (Å²) in [6.07, 6.45) is 1.61. The monoisotopic (exact) mass is 572 g/mol. The van der Waals surface area contributed by atoms with Crippen LogP contribution in [-0.4, -0.2) is 77.4 Å². The number of thiocarbonyl (C=S) groups is 1. The van der Waals surface area contributed by atoms with Gasteiger partial charge in [-0.25, -0.2) is 9.48 Å². The largest absolute Gasteiger partial charge is 0.507 e. The molecule has 1 aromatic carbocycles. The molecule has 39 heavy (non-hydrogen) atoms. The molecule has 3 heterocycles. The minimum Gasteiger partial charge on any atom is -0.507 e. The lowest BCUT2D eigenvalue weighted by molar-refractivity contribution is -0.252. The molecule has 1 N–H and O–H groups in total. The maximum atomic E-state index is 13.7. The molecular formula is C26H32N6O5S2. The van der Waals surface area contributed by atoms with Crippen LogP contribution in [0.1, 0.15) is 64.1 Å². The van der Waals surface area contributed by atoms with E-state index in [-0.39, 0.29) is 22.3 Å². The van der Waals surface area contributed by atoms with Gasteiger partial charge < -0.3 is 5.11 Å². The lowest BCUT2D eigenvalue weighted by Gasteiger charge is -2.53. The SMILES string of the molecule is COOC(=O)C1=C(c2nnnn2C)CS[C@@H]2N1C(=O)[C@@]2(C=S)N=Cc1cc(C(C)(C)C)c(O)c(C(C)(C)C)c1. The molecule has 1 saturated heterocycles. The zero-order chi connectivity index (χ0) is 28.9. The third-order valence-electron chi connectivity index (χ3n) is 6.68. The second-order valence-corrected chi connectivity index (χ2v) is 12.8. The zero-order valence-electron chi connectivity index (χ0n) is 23.2. The van der Waals surface area contributed by atoms with Crippen molar-refractivity contribution in [1.29, 1.82) is 0 Å². The number of phenols is 1. The highest BCUT2D eigenvalue weighted by Gasteiger charge is 2.64. The number of thioether (sulfide) groups is 1. The van der Waals surface area contributed by atoms with E-state index in [2.05, 4.69) is 20.4 Å². The Labute approximate surface area is 236 Å². The van der Waals surface area contributed by atoms with Gasteiger partial charge in [0.15, 0.2) is 11.4 Å². The first kappa shape index (κ1) is 28.8. The Kier molecular flexibility index (Phi) is 7.47. The molecule has 2 aliphatic rings. The summed E-state index contributed by atoms with van der Waals surface area (Å²) in [5.74, 6) is -0.443. The molecule has 2 atom stereocenters. The van der Waals surface area contributed by atoms with E-state index in [1.807, 2.05) is 53.7 Å². The Morgan fingerprint density at radius 3 is 2.33 bits per heavy atom. The molecule has 13 heteroatoms. The Morgan fingerprint density at radius 1 is 1.23 bits per heavy atom. The number of tetrazole rings is 1. The molecule has 0 unspecified atom stereocenters. The van der Waals surface area contributed by atoms with Crippen LogP contribution >= 0.6 is 24.0 Å². The molecule has 0 bridgehead atoms. The fourth-order valence-electron chi connectivity index (χ4n) is 4.64. The second kappa shape index (κ2) is 10.1. The summed E-state index contributed by atoms with van der Waals surface area (Å²) in [5, 5.41) is 23.3. The number of fused-ring (bicyclic) bond motifs is 1. The maximum absolute atomic E-state index is 13.7. The third-order valence-corrected chi connectivity index (χ3v) is 8.38. The fraction of sp³-hybridized carbons (Fsp3) is 0.500. The van der Waals surface area contributed by atoms with E-state index in [9.17, 15) is 14.7 Å². The number of phenolic OH excluding ortho intramolecular Hbond substituents is 1. The van der Waals surface area contributed by atoms with Gasteiger partial charge in [0.2, 0.25) is 0 Å². The first-order valence-corrected chi connectivity index (χ1v) is 13.7. The van der Waals surface area contributed by atoms with Crippen molar-refractivity contribution in [3.8, 4) is 5.75 Å². The van der Waals surface area contributed by atoms with E-state index in [1.54, 1.807) is 13.3 Å². The normalized spacial score (nSPS) is 21.7. The van der Waals surface area contributed by atoms with Crippen molar-refractivity contribution in [2.24, 2.45) is 12.0 Å². The highest BCUT2D eigenvalue weighted by Crippen LogP contribution is 2.49. The number of rotatable bonds is 6. The standard InChI is InChI=1S/C26H32N6O5S2/c1-24(2,3)16-9-14(10-17(19(16)33)25(4,5)6)11-27-26(13-38)22(35)32-18(21(34)37-36-8)15(12-39-23(26)32)20-28-29-30-31(20)7/h9-11,13,23,33H,12H2,1-8H3/t23-,26+/m0/s1. The number of amides is 1. The van der Waals surface area contributed by atoms with Crippen molar-refractivity contribution in [2.45, 2.75) is 63.3 Å². The predicted molar refractivity (Wildman–Crippen MR) is 151 cm³/mol. The Hall–Kier alpha value is -3.16. The number of aromatic nitrogens is 4. The number of aromatic hydroxyl groups is 1. The predicted octanol–water partition coefficient (Wildman–Crippen LogP) is 3.10. The average Bonchev–Trinajstić information content (AvgIpc) is 3.28. The summed E-state index contributed by atoms with van der Waals surface area (Å²) in [4.78, 5) is 42.1. The second-order valence-electron chi connectivity index (χ2n) is 11.5. The van der Waals surface area contributed by atoms with Gasteiger partial charge in [0.1, 0.15) is 16.8 Å². The number of carbonyl (C=O) groups is 2. The van der Waals surface area contributed by atoms with Gasteiger partial charge >= 0.3 is 5.97 Å². The summed E-state index contributed by atoms with van der Waals surface area (Å²) in [6.45, 7) is 12.1. The van der Waals surface area contributed by atoms with Crippen LogP contribution in [0, 0.1) is 0 Å². The van der Waals surface area contributed by atoms with Crippen LogP contribution < -0.4 is 0 Å². The smallest absolute Gasteiger partial charge is 0.389 e. The van der Waals surface area contributed by atoms with E-state index in [0.717, 1.165) is 16.7 Å². The third kappa shape index (κ3) is 4.87. The molecule has 4 rings (SSSR count). The molecule has 2 aliphatic heterocycles. The van der Waals surface area contributed by atoms with E-state index in [4.69, 9.17) is 22.1 Å². The molecule has 0 saturated carbocycles. The number of aliphatic imine (C=N–C) groups is 1. The van der Waals surface area contributed by atoms with Crippen LogP contribution in [0.15, 0.2) is 22.8 Å². The van der Waals surface area contributed by atoms with Gasteiger partial charge in [-0.1, -0.05) is 53.8 Å². The lowest BCUT2D eigenvalue weighted by Crippen LogP contribution is -2.73. The minimum atomic E-state index is -1.38. The number of benzene rings is 1. The summed E-state index contributed by atoms with van der Waals surface area (Å²) in [5.41, 5.74) is 0.655. The Morgan fingerprint density at radius 2 is 1.85 bits per heavy atom. The van der Waals surface area contributed by atoms with Crippen molar-refractivity contribution < 1.29 is 24.5 Å². The molecule has 11 nitrogen and oxygen atoms in total. The number of nitrogens with zero attached hydrogens (tertiary/aromatic N) is 6. The van der Waals surface area contributed by atoms with Gasteiger partial charge in [0.25, 0.3) is 5.91 Å². The summed E-state index contributed by atoms with van der Waals surface area (Å²) < 4.78 is 1.41. The number of carbonyl (C=O) groups excluding carboxylic acids is 2. The molecule has 208 valence electrons. The Balaban J connectivity index is 1.78. The van der Waals surface area contributed by atoms with Gasteiger partial charge in [-0.2, -0.15) is 4.89 Å². The molecule has 2 aromatic rings. The van der Waals surface area contributed by atoms with Gasteiger partial charge in [0.05, 0.1) is 7.11 Å². The summed E-state index contributed by atoms with van der Waals surface area (Å²) in [6, 6.07) is 3.75. The number of aryl methyl sites for hydroxylation is 1. The van der Waals surface area contributed by atoms with E-state index in [0.29, 0.717) is 17.2 Å². The zero-order valence-corrected chi connectivity index (χ0v) is 24.8. The summed E-state index contributed by atoms with van der Waals surface area (Å²) in [7, 11) is 2.84. The van der Waals surface area contributed by atoms with Crippen molar-refractivity contribution >= 4 is 53.0 Å². The van der Waals surface area contributed by atoms with Crippen molar-refractivity contribution in [3.05, 3.63) is 40.3 Å². The minimum absolute atomic E-state index is 0.0131. The van der Waals surface area contributed by atoms with Gasteiger partial charge in [0, 0.05) is 41.1 Å². The highest BCUT2D eigenvalue weighted by atomic mass is 32.2. The first-order chi connectivity index (χ1) is 18.2. The van der Waals surface area contributed by atoms with Crippen LogP contribution in [0.5, 0.6) is 5.75 Å². The van der Waals surface area contributed by atoms with Crippen LogP contribution in [0.25, 0.3) is 5.57 Å². The maximum Gasteiger partial charge on any atom is 0.389 e. The van der Waals surface area contributed by atoms with Crippen LogP contribution in [0.3, 0.4) is 0 Å². The molecule has 1 aromatic heterocycles. The van der Waals surface area contributed by atoms with Crippen LogP contribution in [0.2, 0.25) is 0 Å². The van der Waals surface area contributed by atoms with Crippen LogP contribution in [-0.2, 0) is 37.2 Å². The number of hydrogen-bond donors (Lipinski definition) is 1. The van der Waals surface area contributed by atoms with E-state index in [1.165, 1.54) is 33.8 Å². The van der Waals surface area contributed by atoms with Gasteiger partial charge in [-0.15, -0.1) is 16.9 Å². The molecular weight excluding hydrogens is 540 g/mol. The van der Waals surface area contributed by atoms with Crippen molar-refractivity contribution in [1.82, 2.24) is 25.1 Å². The van der Waals surface area contributed by atoms with Crippen molar-refractivity contribution in [3.63, 3.8) is 0 Å². The topological polar surface area (TPSA) is 132 Å². The highest BCUT2D eigenvalue weighted by molar-refractivity contribution is 8.00. The molecule has 0 spiro atoms. The quantitative estimate of drug-likeness (QED) is 0.181. The van der Waals surface area contributed by atoms with Gasteiger partial charge in [-0.05, 0) is 39.0 Å². The lowest BCUT2D eigenvalue weighted by atomic mass is 9.78. The van der Waals surface area contributed by atoms with E-state index >= 15 is 0 Å². The van der Waals surface area contributed by atoms with Crippen LogP contribution in [0.4, 0.5) is 0 Å². The Bertz CT molecular complexity index is 1370. The van der Waals surface area contributed by atoms with Crippen molar-refractivity contribution in [2.75, 3.05) is 12.9 Å². The molecule has 0 radical (unpaired) electrons. The molecule has 1 amide bonds.